The van der Waals surface area contributed by atoms with Crippen LogP contribution >= 0.6 is 0 Å². The van der Waals surface area contributed by atoms with Gasteiger partial charge in [0.15, 0.2) is 0 Å². The topological polar surface area (TPSA) is 18.5 Å². The van der Waals surface area contributed by atoms with Crippen molar-refractivity contribution in [3.8, 4) is 0 Å². The maximum Gasteiger partial charge on any atom is 0.0547 e. The summed E-state index contributed by atoms with van der Waals surface area (Å²) in [5, 5.41) is 0. The van der Waals surface area contributed by atoms with Crippen LogP contribution in [-0.2, 0) is 9.47 Å². The molecule has 0 aromatic rings. The molecule has 0 amide bonds. The minimum Gasteiger partial charge on any atom is -0.381 e. The van der Waals surface area contributed by atoms with Gasteiger partial charge in [-0.25, -0.2) is 0 Å². The van der Waals surface area contributed by atoms with E-state index in [0.29, 0.717) is 11.5 Å². The quantitative estimate of drug-likeness (QED) is 0.553. The van der Waals surface area contributed by atoms with Crippen LogP contribution < -0.4 is 0 Å². The molecule has 2 nitrogen and oxygen atoms in total. The predicted molar refractivity (Wildman–Crippen MR) is 47.1 cm³/mol. The zero-order valence-corrected chi connectivity index (χ0v) is 7.84. The summed E-state index contributed by atoms with van der Waals surface area (Å²) in [4.78, 5) is 0. The first kappa shape index (κ1) is 8.52. The van der Waals surface area contributed by atoms with E-state index >= 15 is 0 Å². The molecule has 0 bridgehead atoms. The molecular weight excluding hydrogens is 152 g/mol. The Labute approximate surface area is 74.2 Å². The van der Waals surface area contributed by atoms with Crippen LogP contribution in [0.2, 0.25) is 0 Å². The number of hydrogen-bond donors (Lipinski definition) is 0. The molecule has 2 aliphatic heterocycles. The van der Waals surface area contributed by atoms with Gasteiger partial charge in [0.05, 0.1) is 12.7 Å². The first-order valence-corrected chi connectivity index (χ1v) is 5.00. The molecule has 2 heteroatoms. The van der Waals surface area contributed by atoms with Gasteiger partial charge in [-0.05, 0) is 38.0 Å². The lowest BCUT2D eigenvalue weighted by Crippen LogP contribution is -2.39. The molecule has 12 heavy (non-hydrogen) atoms. The number of hydrogen-bond acceptors (Lipinski definition) is 2. The smallest absolute Gasteiger partial charge is 0.0547 e. The molecule has 0 aromatic carbocycles. The highest BCUT2D eigenvalue weighted by molar-refractivity contribution is 4.85. The van der Waals surface area contributed by atoms with Crippen LogP contribution in [0.1, 0.15) is 32.6 Å². The van der Waals surface area contributed by atoms with Crippen LogP contribution in [0.5, 0.6) is 0 Å². The molecule has 2 aliphatic rings. The van der Waals surface area contributed by atoms with Crippen molar-refractivity contribution in [1.29, 1.82) is 0 Å². The molecule has 1 atom stereocenters. The van der Waals surface area contributed by atoms with Gasteiger partial charge in [0.25, 0.3) is 0 Å². The molecule has 2 rings (SSSR count). The monoisotopic (exact) mass is 170 g/mol. The third kappa shape index (κ3) is 1.64. The summed E-state index contributed by atoms with van der Waals surface area (Å²) in [5.74, 6) is 0. The largest absolute Gasteiger partial charge is 0.381 e. The fraction of sp³-hybridized carbons (Fsp3) is 1.00. The highest BCUT2D eigenvalue weighted by Gasteiger charge is 2.36. The maximum absolute atomic E-state index is 5.72. The second kappa shape index (κ2) is 3.35. The average molecular weight is 170 g/mol. The van der Waals surface area contributed by atoms with Crippen LogP contribution in [0.25, 0.3) is 0 Å². The minimum absolute atomic E-state index is 0.485. The van der Waals surface area contributed by atoms with E-state index in [1.54, 1.807) is 0 Å². The Morgan fingerprint density at radius 3 is 2.50 bits per heavy atom. The predicted octanol–water partition coefficient (Wildman–Crippen LogP) is 1.98. The van der Waals surface area contributed by atoms with E-state index in [-0.39, 0.29) is 0 Å². The van der Waals surface area contributed by atoms with Gasteiger partial charge in [0.1, 0.15) is 0 Å². The number of rotatable bonds is 0. The second-order valence-corrected chi connectivity index (χ2v) is 4.27. The van der Waals surface area contributed by atoms with Gasteiger partial charge in [-0.15, -0.1) is 0 Å². The van der Waals surface area contributed by atoms with E-state index in [9.17, 15) is 0 Å². The van der Waals surface area contributed by atoms with Gasteiger partial charge in [-0.3, -0.25) is 0 Å². The Bertz CT molecular complexity index is 140. The molecule has 0 radical (unpaired) electrons. The summed E-state index contributed by atoms with van der Waals surface area (Å²) in [6, 6.07) is 0. The zero-order chi connectivity index (χ0) is 8.44. The fourth-order valence-corrected chi connectivity index (χ4v) is 2.18. The van der Waals surface area contributed by atoms with Crippen molar-refractivity contribution in [2.24, 2.45) is 5.41 Å². The molecule has 2 fully saturated rings. The van der Waals surface area contributed by atoms with Gasteiger partial charge < -0.3 is 9.47 Å². The van der Waals surface area contributed by atoms with E-state index in [0.717, 1.165) is 19.8 Å². The Balaban J connectivity index is 1.92. The van der Waals surface area contributed by atoms with Crippen molar-refractivity contribution in [2.45, 2.75) is 38.7 Å². The van der Waals surface area contributed by atoms with Gasteiger partial charge in [0, 0.05) is 13.2 Å². The van der Waals surface area contributed by atoms with Gasteiger partial charge >= 0.3 is 0 Å². The van der Waals surface area contributed by atoms with Crippen molar-refractivity contribution in [2.75, 3.05) is 19.8 Å². The molecule has 2 heterocycles. The van der Waals surface area contributed by atoms with E-state index in [4.69, 9.17) is 9.47 Å². The first-order chi connectivity index (χ1) is 5.81. The minimum atomic E-state index is 0.485. The SMILES string of the molecule is C[C@H]1CCC2(CCOCC2)CO1. The Morgan fingerprint density at radius 2 is 1.92 bits per heavy atom. The lowest BCUT2D eigenvalue weighted by molar-refractivity contribution is -0.0993. The molecule has 0 aliphatic carbocycles. The van der Waals surface area contributed by atoms with E-state index in [1.165, 1.54) is 25.7 Å². The summed E-state index contributed by atoms with van der Waals surface area (Å²) >= 11 is 0. The highest BCUT2D eigenvalue weighted by Crippen LogP contribution is 2.39. The average Bonchev–Trinajstić information content (AvgIpc) is 2.13. The zero-order valence-electron chi connectivity index (χ0n) is 7.84. The van der Waals surface area contributed by atoms with Crippen molar-refractivity contribution in [1.82, 2.24) is 0 Å². The standard InChI is InChI=1S/C10H18O2/c1-9-2-3-10(8-12-9)4-6-11-7-5-10/h9H,2-8H2,1H3/t9-/m0/s1. The van der Waals surface area contributed by atoms with Crippen LogP contribution in [0.4, 0.5) is 0 Å². The molecule has 0 saturated carbocycles. The lowest BCUT2D eigenvalue weighted by Gasteiger charge is -2.41. The Morgan fingerprint density at radius 1 is 1.17 bits per heavy atom. The molecule has 1 spiro atoms. The molecule has 2 saturated heterocycles. The fourth-order valence-electron chi connectivity index (χ4n) is 2.18. The van der Waals surface area contributed by atoms with Crippen molar-refractivity contribution >= 4 is 0 Å². The Hall–Kier alpha value is -0.0800. The molecule has 0 aromatic heterocycles. The first-order valence-electron chi connectivity index (χ1n) is 5.00. The summed E-state index contributed by atoms with van der Waals surface area (Å²) in [5.41, 5.74) is 0.491. The van der Waals surface area contributed by atoms with Gasteiger partial charge in [-0.1, -0.05) is 0 Å². The van der Waals surface area contributed by atoms with E-state index in [2.05, 4.69) is 6.92 Å². The third-order valence-corrected chi connectivity index (χ3v) is 3.31. The van der Waals surface area contributed by atoms with Crippen molar-refractivity contribution in [3.63, 3.8) is 0 Å². The van der Waals surface area contributed by atoms with Gasteiger partial charge in [-0.2, -0.15) is 0 Å². The number of ether oxygens (including phenoxy) is 2. The molecule has 0 unspecified atom stereocenters. The second-order valence-electron chi connectivity index (χ2n) is 4.27. The summed E-state index contributed by atoms with van der Waals surface area (Å²) in [7, 11) is 0. The van der Waals surface area contributed by atoms with Crippen LogP contribution in [0.3, 0.4) is 0 Å². The van der Waals surface area contributed by atoms with Gasteiger partial charge in [0.2, 0.25) is 0 Å². The highest BCUT2D eigenvalue weighted by atomic mass is 16.5. The van der Waals surface area contributed by atoms with Crippen LogP contribution in [-0.4, -0.2) is 25.9 Å². The lowest BCUT2D eigenvalue weighted by atomic mass is 9.75. The summed E-state index contributed by atoms with van der Waals surface area (Å²) in [6.45, 7) is 5.03. The Kier molecular flexibility index (Phi) is 2.37. The maximum atomic E-state index is 5.72. The van der Waals surface area contributed by atoms with Crippen molar-refractivity contribution < 1.29 is 9.47 Å². The van der Waals surface area contributed by atoms with Crippen molar-refractivity contribution in [3.05, 3.63) is 0 Å². The normalized spacial score (nSPS) is 35.2. The molecular formula is C10H18O2. The van der Waals surface area contributed by atoms with E-state index < -0.39 is 0 Å². The molecule has 0 N–H and O–H groups in total. The van der Waals surface area contributed by atoms with Crippen LogP contribution in [0.15, 0.2) is 0 Å². The van der Waals surface area contributed by atoms with Crippen LogP contribution in [0, 0.1) is 5.41 Å². The summed E-state index contributed by atoms with van der Waals surface area (Å²) in [6.07, 6.45) is 5.48. The van der Waals surface area contributed by atoms with E-state index in [1.807, 2.05) is 0 Å². The molecule has 70 valence electrons. The third-order valence-electron chi connectivity index (χ3n) is 3.31. The summed E-state index contributed by atoms with van der Waals surface area (Å²) < 4.78 is 11.1.